The standard InChI is InChI=1S/C10H12N2O6.Li/c1-2-3-4-12-6(9(16)17)5(8(14)15)7(13)11-10(12)18;/h2-4H2,1H3,(H,14,15)(H,16,17)(H,11,13,18);/q;+1/p-1. The van der Waals surface area contributed by atoms with Gasteiger partial charge in [-0.15, -0.1) is 0 Å². The van der Waals surface area contributed by atoms with Crippen LogP contribution in [-0.2, 0) is 6.54 Å². The smallest absolute Gasteiger partial charge is 0.543 e. The molecule has 8 nitrogen and oxygen atoms in total. The Balaban J connectivity index is 0.00000324. The molecule has 1 aromatic heterocycles. The van der Waals surface area contributed by atoms with E-state index in [1.54, 1.807) is 4.98 Å². The second kappa shape index (κ2) is 6.97. The number of H-pyrrole nitrogens is 1. The maximum atomic E-state index is 11.5. The summed E-state index contributed by atoms with van der Waals surface area (Å²) in [6, 6.07) is 0. The number of hydrogen-bond acceptors (Lipinski definition) is 5. The van der Waals surface area contributed by atoms with Crippen LogP contribution in [0.1, 0.15) is 40.6 Å². The van der Waals surface area contributed by atoms with Gasteiger partial charge in [0, 0.05) is 6.54 Å². The Hall–Kier alpha value is -1.78. The minimum atomic E-state index is -1.87. The van der Waals surface area contributed by atoms with Crippen molar-refractivity contribution in [2.45, 2.75) is 26.3 Å². The predicted molar refractivity (Wildman–Crippen MR) is 57.5 cm³/mol. The van der Waals surface area contributed by atoms with E-state index in [0.29, 0.717) is 17.4 Å². The summed E-state index contributed by atoms with van der Waals surface area (Å²) >= 11 is 0. The molecule has 0 saturated carbocycles. The Kier molecular flexibility index (Phi) is 6.31. The van der Waals surface area contributed by atoms with Gasteiger partial charge in [-0.25, -0.2) is 9.59 Å². The predicted octanol–water partition coefficient (Wildman–Crippen LogP) is -4.60. The van der Waals surface area contributed by atoms with Gasteiger partial charge in [0.15, 0.2) is 5.56 Å². The maximum absolute atomic E-state index is 11.5. The molecule has 0 aliphatic rings. The summed E-state index contributed by atoms with van der Waals surface area (Å²) in [4.78, 5) is 46.3. The summed E-state index contributed by atoms with van der Waals surface area (Å²) in [6.45, 7) is 1.81. The fourth-order valence-corrected chi connectivity index (χ4v) is 1.51. The molecule has 0 aromatic carbocycles. The molecular weight excluding hydrogens is 251 g/mol. The number of aromatic amines is 1. The van der Waals surface area contributed by atoms with E-state index < -0.39 is 34.4 Å². The van der Waals surface area contributed by atoms with E-state index in [-0.39, 0.29) is 25.4 Å². The molecule has 19 heavy (non-hydrogen) atoms. The third-order valence-electron chi connectivity index (χ3n) is 2.34. The van der Waals surface area contributed by atoms with E-state index in [0.717, 1.165) is 0 Å². The Morgan fingerprint density at radius 1 is 1.37 bits per heavy atom. The molecule has 0 amide bonds. The molecule has 1 aromatic rings. The number of carboxylic acids is 2. The second-order valence-corrected chi connectivity index (χ2v) is 3.58. The van der Waals surface area contributed by atoms with Crippen molar-refractivity contribution in [1.82, 2.24) is 9.55 Å². The summed E-state index contributed by atoms with van der Waals surface area (Å²) < 4.78 is 0.698. The van der Waals surface area contributed by atoms with Crippen LogP contribution in [0.15, 0.2) is 9.59 Å². The number of carbonyl (C=O) groups excluding carboxylic acids is 1. The van der Waals surface area contributed by atoms with Crippen LogP contribution >= 0.6 is 0 Å². The summed E-state index contributed by atoms with van der Waals surface area (Å²) in [7, 11) is 0. The number of carbonyl (C=O) groups is 2. The van der Waals surface area contributed by atoms with Gasteiger partial charge in [-0.3, -0.25) is 14.3 Å². The van der Waals surface area contributed by atoms with Crippen molar-refractivity contribution in [2.24, 2.45) is 0 Å². The Morgan fingerprint density at radius 3 is 2.37 bits per heavy atom. The third kappa shape index (κ3) is 3.59. The molecule has 1 rings (SSSR count). The number of carboxylic acid groups (broad SMARTS) is 2. The largest absolute Gasteiger partial charge is 1.00 e. The van der Waals surface area contributed by atoms with Crippen LogP contribution in [-0.4, -0.2) is 26.6 Å². The van der Waals surface area contributed by atoms with Gasteiger partial charge in [0.1, 0.15) is 0 Å². The number of hydrogen-bond donors (Lipinski definition) is 2. The van der Waals surface area contributed by atoms with Gasteiger partial charge in [-0.2, -0.15) is 0 Å². The van der Waals surface area contributed by atoms with Crippen LogP contribution in [0.2, 0.25) is 0 Å². The molecular formula is C10H11LiN2O6. The zero-order valence-corrected chi connectivity index (χ0v) is 10.6. The molecule has 0 atom stereocenters. The zero-order valence-electron chi connectivity index (χ0n) is 10.6. The Morgan fingerprint density at radius 2 is 1.95 bits per heavy atom. The van der Waals surface area contributed by atoms with E-state index in [4.69, 9.17) is 5.11 Å². The average molecular weight is 262 g/mol. The van der Waals surface area contributed by atoms with Crippen LogP contribution in [0.25, 0.3) is 0 Å². The van der Waals surface area contributed by atoms with Gasteiger partial charge in [0.25, 0.3) is 5.56 Å². The van der Waals surface area contributed by atoms with Crippen molar-refractivity contribution in [3.8, 4) is 0 Å². The molecule has 0 radical (unpaired) electrons. The summed E-state index contributed by atoms with van der Waals surface area (Å²) in [6.07, 6.45) is 1.13. The number of rotatable bonds is 5. The van der Waals surface area contributed by atoms with Crippen LogP contribution < -0.4 is 35.2 Å². The molecule has 0 unspecified atom stereocenters. The Bertz CT molecular complexity index is 603. The van der Waals surface area contributed by atoms with Crippen molar-refractivity contribution < 1.29 is 38.7 Å². The SMILES string of the molecule is CCCCn1c(C(=O)[O-])c(C(=O)O)c(=O)[nH]c1=O.[Li+]. The molecule has 0 fully saturated rings. The van der Waals surface area contributed by atoms with E-state index in [9.17, 15) is 24.3 Å². The molecule has 98 valence electrons. The fourth-order valence-electron chi connectivity index (χ4n) is 1.51. The summed E-state index contributed by atoms with van der Waals surface area (Å²) in [5.41, 5.74) is -4.10. The van der Waals surface area contributed by atoms with E-state index in [1.165, 1.54) is 0 Å². The van der Waals surface area contributed by atoms with Crippen LogP contribution in [0.4, 0.5) is 0 Å². The number of aromatic carboxylic acids is 2. The molecule has 0 saturated heterocycles. The molecule has 0 aliphatic carbocycles. The van der Waals surface area contributed by atoms with Crippen molar-refractivity contribution in [3.63, 3.8) is 0 Å². The van der Waals surface area contributed by atoms with Crippen LogP contribution in [0.3, 0.4) is 0 Å². The Labute approximate surface area is 119 Å². The quantitative estimate of drug-likeness (QED) is 0.513. The van der Waals surface area contributed by atoms with Crippen LogP contribution in [0.5, 0.6) is 0 Å². The first-order chi connectivity index (χ1) is 8.40. The number of nitrogens with one attached hydrogen (secondary N) is 1. The monoisotopic (exact) mass is 262 g/mol. The molecule has 0 bridgehead atoms. The summed E-state index contributed by atoms with van der Waals surface area (Å²) in [5.74, 6) is -3.59. The minimum Gasteiger partial charge on any atom is -0.543 e. The van der Waals surface area contributed by atoms with Gasteiger partial charge in [0.05, 0.1) is 11.7 Å². The number of nitrogens with zero attached hydrogens (tertiary/aromatic N) is 1. The van der Waals surface area contributed by atoms with Gasteiger partial charge in [-0.1, -0.05) is 13.3 Å². The third-order valence-corrected chi connectivity index (χ3v) is 2.34. The van der Waals surface area contributed by atoms with E-state index >= 15 is 0 Å². The molecule has 9 heteroatoms. The molecule has 1 heterocycles. The van der Waals surface area contributed by atoms with Gasteiger partial charge in [0.2, 0.25) is 0 Å². The molecule has 0 aliphatic heterocycles. The van der Waals surface area contributed by atoms with Gasteiger partial charge >= 0.3 is 30.5 Å². The minimum absolute atomic E-state index is 0. The summed E-state index contributed by atoms with van der Waals surface area (Å²) in [5, 5.41) is 19.7. The normalized spacial score (nSPS) is 9.74. The van der Waals surface area contributed by atoms with E-state index in [2.05, 4.69) is 0 Å². The number of unbranched alkanes of at least 4 members (excludes halogenated alkanes) is 1. The molecule has 0 spiro atoms. The number of aromatic nitrogens is 2. The van der Waals surface area contributed by atoms with Crippen LogP contribution in [0, 0.1) is 0 Å². The van der Waals surface area contributed by atoms with Gasteiger partial charge < -0.3 is 15.0 Å². The van der Waals surface area contributed by atoms with Crippen molar-refractivity contribution in [2.75, 3.05) is 0 Å². The first-order valence-electron chi connectivity index (χ1n) is 5.21. The fraction of sp³-hybridized carbons (Fsp3) is 0.400. The first kappa shape index (κ1) is 17.2. The second-order valence-electron chi connectivity index (χ2n) is 3.58. The van der Waals surface area contributed by atoms with Crippen molar-refractivity contribution in [1.29, 1.82) is 0 Å². The van der Waals surface area contributed by atoms with E-state index in [1.807, 2.05) is 6.92 Å². The average Bonchev–Trinajstić information content (AvgIpc) is 2.26. The van der Waals surface area contributed by atoms with Gasteiger partial charge in [-0.05, 0) is 6.42 Å². The van der Waals surface area contributed by atoms with Crippen molar-refractivity contribution >= 4 is 11.9 Å². The maximum Gasteiger partial charge on any atom is 1.00 e. The zero-order chi connectivity index (χ0) is 13.9. The molecule has 2 N–H and O–H groups in total. The van der Waals surface area contributed by atoms with Crippen molar-refractivity contribution in [3.05, 3.63) is 32.1 Å². The topological polar surface area (TPSA) is 132 Å². The first-order valence-corrected chi connectivity index (χ1v) is 5.21.